The van der Waals surface area contributed by atoms with Gasteiger partial charge in [-0.3, -0.25) is 9.59 Å². The minimum absolute atomic E-state index is 0. The van der Waals surface area contributed by atoms with E-state index in [1.165, 1.54) is 28.8 Å². The SMILES string of the molecule is CC1(C)S[C@@H]2[C@H](NC(=O)C(C(=O)[O-])c3ccccc3)C(=O)N2C1C(=O)[O-].[Na+].[Na+]. The summed E-state index contributed by atoms with van der Waals surface area (Å²) < 4.78 is -0.786. The molecule has 0 spiro atoms. The predicted molar refractivity (Wildman–Crippen MR) is 87.2 cm³/mol. The summed E-state index contributed by atoms with van der Waals surface area (Å²) in [5.41, 5.74) is 0.237. The van der Waals surface area contributed by atoms with Gasteiger partial charge in [0.2, 0.25) is 11.8 Å². The Bertz CT molecular complexity index is 791. The maximum absolute atomic E-state index is 12.5. The molecule has 1 aromatic rings. The Labute approximate surface area is 210 Å². The third-order valence-electron chi connectivity index (χ3n) is 4.59. The summed E-state index contributed by atoms with van der Waals surface area (Å²) in [6.07, 6.45) is 0. The molecule has 1 N–H and O–H groups in total. The molecule has 0 radical (unpaired) electrons. The zero-order valence-electron chi connectivity index (χ0n) is 16.0. The molecule has 4 atom stereocenters. The van der Waals surface area contributed by atoms with Crippen molar-refractivity contribution in [2.24, 2.45) is 0 Å². The minimum Gasteiger partial charge on any atom is -0.549 e. The molecular weight excluding hydrogens is 406 g/mol. The van der Waals surface area contributed by atoms with Gasteiger partial charge in [-0.15, -0.1) is 11.8 Å². The number of carbonyl (C=O) groups is 4. The number of nitrogens with one attached hydrogen (secondary N) is 1. The van der Waals surface area contributed by atoms with Crippen molar-refractivity contribution in [3.05, 3.63) is 35.9 Å². The Morgan fingerprint density at radius 1 is 1.14 bits per heavy atom. The zero-order valence-corrected chi connectivity index (χ0v) is 20.8. The summed E-state index contributed by atoms with van der Waals surface area (Å²) in [4.78, 5) is 48.8. The van der Waals surface area contributed by atoms with Gasteiger partial charge in [0.15, 0.2) is 0 Å². The molecule has 2 aliphatic rings. The summed E-state index contributed by atoms with van der Waals surface area (Å²) in [5, 5.41) is 24.6. The Kier molecular flexibility index (Phi) is 8.65. The molecule has 1 aromatic carbocycles. The molecule has 8 nitrogen and oxygen atoms in total. The number of aliphatic carboxylic acids is 2. The molecule has 28 heavy (non-hydrogen) atoms. The van der Waals surface area contributed by atoms with Crippen LogP contribution in [0.25, 0.3) is 0 Å². The molecule has 0 aromatic heterocycles. The van der Waals surface area contributed by atoms with Crippen LogP contribution in [-0.2, 0) is 19.2 Å². The number of hydrogen-bond acceptors (Lipinski definition) is 7. The number of thioether (sulfide) groups is 1. The van der Waals surface area contributed by atoms with Crippen molar-refractivity contribution >= 4 is 35.5 Å². The van der Waals surface area contributed by atoms with Crippen molar-refractivity contribution in [1.29, 1.82) is 0 Å². The second-order valence-electron chi connectivity index (χ2n) is 6.73. The van der Waals surface area contributed by atoms with Gasteiger partial charge in [0.1, 0.15) is 17.3 Å². The van der Waals surface area contributed by atoms with Crippen molar-refractivity contribution < 1.29 is 88.5 Å². The van der Waals surface area contributed by atoms with Gasteiger partial charge in [-0.25, -0.2) is 0 Å². The second-order valence-corrected chi connectivity index (χ2v) is 8.50. The van der Waals surface area contributed by atoms with Gasteiger partial charge in [0, 0.05) is 4.75 Å². The maximum Gasteiger partial charge on any atom is 1.00 e. The van der Waals surface area contributed by atoms with Gasteiger partial charge >= 0.3 is 59.1 Å². The summed E-state index contributed by atoms with van der Waals surface area (Å²) >= 11 is 1.23. The molecule has 0 saturated carbocycles. The number of β-lactam (4-membered cyclic amide) rings is 1. The number of nitrogens with zero attached hydrogens (tertiary/aromatic N) is 1. The first-order valence-corrected chi connectivity index (χ1v) is 8.80. The van der Waals surface area contributed by atoms with E-state index in [-0.39, 0.29) is 64.7 Å². The van der Waals surface area contributed by atoms with Crippen LogP contribution in [0.3, 0.4) is 0 Å². The fraction of sp³-hybridized carbons (Fsp3) is 0.412. The molecule has 0 aliphatic carbocycles. The van der Waals surface area contributed by atoms with Crippen molar-refractivity contribution in [3.8, 4) is 0 Å². The number of benzene rings is 1. The maximum atomic E-state index is 12.5. The van der Waals surface area contributed by atoms with Crippen LogP contribution in [-0.4, -0.2) is 50.9 Å². The van der Waals surface area contributed by atoms with Crippen molar-refractivity contribution in [2.75, 3.05) is 0 Å². The number of carboxylic acid groups (broad SMARTS) is 2. The smallest absolute Gasteiger partial charge is 0.549 e. The average molecular weight is 422 g/mol. The fourth-order valence-corrected chi connectivity index (χ4v) is 5.02. The Morgan fingerprint density at radius 2 is 1.71 bits per heavy atom. The van der Waals surface area contributed by atoms with E-state index in [0.29, 0.717) is 0 Å². The Morgan fingerprint density at radius 3 is 2.21 bits per heavy atom. The van der Waals surface area contributed by atoms with Gasteiger partial charge < -0.3 is 30.0 Å². The van der Waals surface area contributed by atoms with Crippen LogP contribution in [0.15, 0.2) is 30.3 Å². The average Bonchev–Trinajstić information content (AvgIpc) is 2.82. The third-order valence-corrected chi connectivity index (χ3v) is 6.16. The molecule has 0 bridgehead atoms. The molecule has 2 unspecified atom stereocenters. The first-order chi connectivity index (χ1) is 12.1. The Hall–Kier alpha value is -0.550. The molecule has 3 rings (SSSR count). The van der Waals surface area contributed by atoms with E-state index >= 15 is 0 Å². The number of amides is 2. The molecule has 2 saturated heterocycles. The quantitative estimate of drug-likeness (QED) is 0.283. The first kappa shape index (κ1) is 25.5. The predicted octanol–water partition coefficient (Wildman–Crippen LogP) is -8.17. The van der Waals surface area contributed by atoms with Crippen LogP contribution in [0.2, 0.25) is 0 Å². The van der Waals surface area contributed by atoms with Crippen LogP contribution < -0.4 is 74.6 Å². The molecular formula is C17H16N2Na2O6S. The largest absolute Gasteiger partial charge is 1.00 e. The standard InChI is InChI=1S/C17H18N2O6S.2Na/c1-17(2)11(16(24)25)19-13(21)10(14(19)26-17)18-12(20)9(15(22)23)8-6-4-3-5-7-8;;/h3-7,9-11,14H,1-2H3,(H,18,20)(H,22,23)(H,24,25);;/q;2*+1/p-2/t9?,10-,11?,14-;;/m1../s1. The minimum atomic E-state index is -1.58. The molecule has 11 heteroatoms. The van der Waals surface area contributed by atoms with Crippen LogP contribution in [0, 0.1) is 0 Å². The molecule has 2 amide bonds. The van der Waals surface area contributed by atoms with E-state index in [1.54, 1.807) is 32.0 Å². The van der Waals surface area contributed by atoms with Gasteiger partial charge in [-0.1, -0.05) is 30.3 Å². The fourth-order valence-electron chi connectivity index (χ4n) is 3.40. The first-order valence-electron chi connectivity index (χ1n) is 7.92. The van der Waals surface area contributed by atoms with Crippen LogP contribution in [0.4, 0.5) is 0 Å². The third kappa shape index (κ3) is 4.45. The number of carboxylic acids is 2. The van der Waals surface area contributed by atoms with E-state index in [9.17, 15) is 29.4 Å². The second kappa shape index (κ2) is 9.51. The van der Waals surface area contributed by atoms with Gasteiger partial charge in [-0.2, -0.15) is 0 Å². The Balaban J connectivity index is 0.00000196. The van der Waals surface area contributed by atoms with E-state index < -0.39 is 51.9 Å². The van der Waals surface area contributed by atoms with Gasteiger partial charge in [-0.05, 0) is 19.4 Å². The van der Waals surface area contributed by atoms with E-state index in [1.807, 2.05) is 0 Å². The summed E-state index contributed by atoms with van der Waals surface area (Å²) in [6, 6.07) is 5.73. The molecule has 2 aliphatic heterocycles. The van der Waals surface area contributed by atoms with E-state index in [4.69, 9.17) is 0 Å². The summed E-state index contributed by atoms with van der Waals surface area (Å²) in [7, 11) is 0. The van der Waals surface area contributed by atoms with E-state index in [0.717, 1.165) is 0 Å². The van der Waals surface area contributed by atoms with Crippen molar-refractivity contribution in [3.63, 3.8) is 0 Å². The zero-order chi connectivity index (χ0) is 19.2. The van der Waals surface area contributed by atoms with Crippen LogP contribution in [0.1, 0.15) is 25.3 Å². The van der Waals surface area contributed by atoms with Crippen molar-refractivity contribution in [1.82, 2.24) is 10.2 Å². The number of fused-ring (bicyclic) bond motifs is 1. The van der Waals surface area contributed by atoms with Crippen LogP contribution in [0.5, 0.6) is 0 Å². The summed E-state index contributed by atoms with van der Waals surface area (Å²) in [5.74, 6) is -5.94. The number of hydrogen-bond donors (Lipinski definition) is 1. The van der Waals surface area contributed by atoms with E-state index in [2.05, 4.69) is 5.32 Å². The monoisotopic (exact) mass is 422 g/mol. The molecule has 2 fully saturated rings. The topological polar surface area (TPSA) is 130 Å². The number of rotatable bonds is 5. The summed E-state index contributed by atoms with van der Waals surface area (Å²) in [6.45, 7) is 3.35. The normalized spacial score (nSPS) is 25.3. The molecule has 138 valence electrons. The van der Waals surface area contributed by atoms with Gasteiger partial charge in [0.25, 0.3) is 0 Å². The number of carbonyl (C=O) groups excluding carboxylic acids is 4. The van der Waals surface area contributed by atoms with Crippen LogP contribution >= 0.6 is 11.8 Å². The molecule has 2 heterocycles. The van der Waals surface area contributed by atoms with Gasteiger partial charge in [0.05, 0.1) is 18.0 Å². The van der Waals surface area contributed by atoms with Crippen molar-refractivity contribution in [2.45, 2.75) is 42.0 Å².